The number of rotatable bonds is 7. The summed E-state index contributed by atoms with van der Waals surface area (Å²) in [7, 11) is 1.23. The summed E-state index contributed by atoms with van der Waals surface area (Å²) in [6, 6.07) is 7.42. The van der Waals surface area contributed by atoms with Crippen LogP contribution in [0.4, 0.5) is 26.3 Å². The molecule has 0 bridgehead atoms. The summed E-state index contributed by atoms with van der Waals surface area (Å²) in [5.41, 5.74) is -2.29. The first-order chi connectivity index (χ1) is 15.5. The molecule has 3 rings (SSSR count). The van der Waals surface area contributed by atoms with Gasteiger partial charge >= 0.3 is 18.3 Å². The van der Waals surface area contributed by atoms with Gasteiger partial charge in [0.1, 0.15) is 6.10 Å². The summed E-state index contributed by atoms with van der Waals surface area (Å²) in [5.74, 6) is -0.552. The summed E-state index contributed by atoms with van der Waals surface area (Å²) in [5, 5.41) is 0. The van der Waals surface area contributed by atoms with E-state index in [9.17, 15) is 31.1 Å². The van der Waals surface area contributed by atoms with Crippen molar-refractivity contribution in [1.82, 2.24) is 9.55 Å². The molecule has 0 N–H and O–H groups in total. The maximum Gasteiger partial charge on any atom is 0.416 e. The Labute approximate surface area is 184 Å². The number of hydrogen-bond acceptors (Lipinski definition) is 4. The van der Waals surface area contributed by atoms with Crippen molar-refractivity contribution in [2.75, 3.05) is 7.11 Å². The van der Waals surface area contributed by atoms with E-state index in [1.165, 1.54) is 42.5 Å². The fourth-order valence-corrected chi connectivity index (χ4v) is 3.06. The molecule has 1 aromatic heterocycles. The summed E-state index contributed by atoms with van der Waals surface area (Å²) in [6.45, 7) is -0.197. The predicted octanol–water partition coefficient (Wildman–Crippen LogP) is 5.67. The first-order valence-corrected chi connectivity index (χ1v) is 9.51. The quantitative estimate of drug-likeness (QED) is 0.329. The summed E-state index contributed by atoms with van der Waals surface area (Å²) < 4.78 is 91.6. The van der Waals surface area contributed by atoms with Crippen molar-refractivity contribution < 1.29 is 40.6 Å². The molecule has 176 valence electrons. The Kier molecular flexibility index (Phi) is 7.11. The number of carbonyl (C=O) groups is 1. The fraction of sp³-hybridized carbons (Fsp3) is 0.273. The normalized spacial score (nSPS) is 13.1. The Bertz CT molecular complexity index is 1040. The molecule has 33 heavy (non-hydrogen) atoms. The molecular formula is C22H18F6N2O3. The van der Waals surface area contributed by atoms with Crippen molar-refractivity contribution in [2.45, 2.75) is 31.6 Å². The molecule has 0 fully saturated rings. The van der Waals surface area contributed by atoms with Gasteiger partial charge in [-0.3, -0.25) is 0 Å². The zero-order chi connectivity index (χ0) is 24.2. The number of benzene rings is 2. The molecule has 1 unspecified atom stereocenters. The van der Waals surface area contributed by atoms with Crippen LogP contribution in [0.25, 0.3) is 0 Å². The second-order valence-electron chi connectivity index (χ2n) is 7.09. The number of nitrogens with zero attached hydrogens (tertiary/aromatic N) is 2. The van der Waals surface area contributed by atoms with E-state index in [0.717, 1.165) is 0 Å². The number of alkyl halides is 6. The van der Waals surface area contributed by atoms with Crippen LogP contribution in [0.2, 0.25) is 0 Å². The van der Waals surface area contributed by atoms with Crippen molar-refractivity contribution in [3.05, 3.63) is 89.0 Å². The highest BCUT2D eigenvalue weighted by atomic mass is 19.4. The summed E-state index contributed by atoms with van der Waals surface area (Å²) in [6.07, 6.45) is -6.78. The minimum atomic E-state index is -4.97. The zero-order valence-corrected chi connectivity index (χ0v) is 17.2. The molecule has 0 spiro atoms. The largest absolute Gasteiger partial charge is 0.465 e. The maximum absolute atomic E-state index is 13.3. The van der Waals surface area contributed by atoms with E-state index in [2.05, 4.69) is 9.72 Å². The number of imidazole rings is 1. The Morgan fingerprint density at radius 3 is 2.09 bits per heavy atom. The highest BCUT2D eigenvalue weighted by Gasteiger charge is 2.37. The third-order valence-corrected chi connectivity index (χ3v) is 4.74. The lowest BCUT2D eigenvalue weighted by atomic mass is 10.0. The van der Waals surface area contributed by atoms with Crippen molar-refractivity contribution in [1.29, 1.82) is 0 Å². The summed E-state index contributed by atoms with van der Waals surface area (Å²) >= 11 is 0. The van der Waals surface area contributed by atoms with E-state index in [1.54, 1.807) is 12.1 Å². The molecule has 3 aromatic rings. The Hall–Kier alpha value is -3.34. The van der Waals surface area contributed by atoms with Crippen molar-refractivity contribution in [3.63, 3.8) is 0 Å². The van der Waals surface area contributed by atoms with Crippen LogP contribution in [-0.2, 0) is 35.0 Å². The minimum absolute atomic E-state index is 0.0706. The van der Waals surface area contributed by atoms with Gasteiger partial charge in [-0.05, 0) is 41.5 Å². The number of methoxy groups -OCH3 is 1. The average molecular weight is 472 g/mol. The van der Waals surface area contributed by atoms with Crippen LogP contribution in [0.15, 0.2) is 61.2 Å². The van der Waals surface area contributed by atoms with E-state index in [-0.39, 0.29) is 30.3 Å². The van der Waals surface area contributed by atoms with Gasteiger partial charge in [0.15, 0.2) is 0 Å². The lowest BCUT2D eigenvalue weighted by Crippen LogP contribution is -2.16. The number of esters is 1. The second kappa shape index (κ2) is 9.65. The van der Waals surface area contributed by atoms with E-state index < -0.39 is 35.6 Å². The van der Waals surface area contributed by atoms with E-state index in [4.69, 9.17) is 4.74 Å². The molecule has 1 heterocycles. The van der Waals surface area contributed by atoms with E-state index >= 15 is 0 Å². The Morgan fingerprint density at radius 1 is 1.00 bits per heavy atom. The minimum Gasteiger partial charge on any atom is -0.465 e. The number of ether oxygens (including phenoxy) is 2. The molecule has 0 saturated heterocycles. The number of carbonyl (C=O) groups excluding carboxylic acids is 1. The fourth-order valence-electron chi connectivity index (χ4n) is 3.06. The third kappa shape index (κ3) is 6.35. The predicted molar refractivity (Wildman–Crippen MR) is 104 cm³/mol. The highest BCUT2D eigenvalue weighted by Crippen LogP contribution is 2.38. The van der Waals surface area contributed by atoms with Gasteiger partial charge in [-0.1, -0.05) is 12.1 Å². The standard InChI is InChI=1S/C22H18F6N2O3/c1-32-20(31)15-4-2-14(3-5-15)12-33-19(11-30-7-6-29-13-30)16-8-17(21(23,24)25)10-18(9-16)22(26,27)28/h2-10,13,19H,11-12H2,1H3. The van der Waals surface area contributed by atoms with Gasteiger partial charge in [0.2, 0.25) is 0 Å². The number of halogens is 6. The van der Waals surface area contributed by atoms with E-state index in [0.29, 0.717) is 17.7 Å². The second-order valence-corrected chi connectivity index (χ2v) is 7.09. The molecule has 0 aliphatic heterocycles. The molecule has 0 radical (unpaired) electrons. The lowest BCUT2D eigenvalue weighted by Gasteiger charge is -2.22. The molecular weight excluding hydrogens is 454 g/mol. The molecule has 5 nitrogen and oxygen atoms in total. The van der Waals surface area contributed by atoms with Crippen LogP contribution in [0, 0.1) is 0 Å². The van der Waals surface area contributed by atoms with Crippen molar-refractivity contribution in [3.8, 4) is 0 Å². The Balaban J connectivity index is 1.93. The van der Waals surface area contributed by atoms with Crippen molar-refractivity contribution in [2.24, 2.45) is 0 Å². The molecule has 0 saturated carbocycles. The topological polar surface area (TPSA) is 53.4 Å². The van der Waals surface area contributed by atoms with Crippen LogP contribution >= 0.6 is 0 Å². The first kappa shape index (κ1) is 24.3. The van der Waals surface area contributed by atoms with Gasteiger partial charge in [0, 0.05) is 12.4 Å². The van der Waals surface area contributed by atoms with Crippen LogP contribution in [0.5, 0.6) is 0 Å². The smallest absolute Gasteiger partial charge is 0.416 e. The first-order valence-electron chi connectivity index (χ1n) is 9.51. The molecule has 0 aliphatic carbocycles. The molecule has 2 aromatic carbocycles. The van der Waals surface area contributed by atoms with Crippen molar-refractivity contribution >= 4 is 5.97 Å². The number of hydrogen-bond donors (Lipinski definition) is 0. The lowest BCUT2D eigenvalue weighted by molar-refractivity contribution is -0.143. The van der Waals surface area contributed by atoms with Crippen LogP contribution < -0.4 is 0 Å². The SMILES string of the molecule is COC(=O)c1ccc(COC(Cn2ccnc2)c2cc(C(F)(F)F)cc(C(F)(F)F)c2)cc1. The van der Waals surface area contributed by atoms with Gasteiger partial charge in [-0.15, -0.1) is 0 Å². The average Bonchev–Trinajstić information content (AvgIpc) is 3.28. The third-order valence-electron chi connectivity index (χ3n) is 4.74. The van der Waals surface area contributed by atoms with Gasteiger partial charge < -0.3 is 14.0 Å². The number of aromatic nitrogens is 2. The maximum atomic E-state index is 13.3. The monoisotopic (exact) mass is 472 g/mol. The van der Waals surface area contributed by atoms with Gasteiger partial charge in [0.25, 0.3) is 0 Å². The van der Waals surface area contributed by atoms with Gasteiger partial charge in [-0.25, -0.2) is 9.78 Å². The van der Waals surface area contributed by atoms with E-state index in [1.807, 2.05) is 0 Å². The highest BCUT2D eigenvalue weighted by molar-refractivity contribution is 5.89. The molecule has 11 heteroatoms. The summed E-state index contributed by atoms with van der Waals surface area (Å²) in [4.78, 5) is 15.4. The van der Waals surface area contributed by atoms with Gasteiger partial charge in [0.05, 0.1) is 43.3 Å². The molecule has 1 atom stereocenters. The van der Waals surface area contributed by atoms with Gasteiger partial charge in [-0.2, -0.15) is 26.3 Å². The molecule has 0 amide bonds. The van der Waals surface area contributed by atoms with Crippen LogP contribution in [0.1, 0.15) is 38.7 Å². The van der Waals surface area contributed by atoms with Crippen LogP contribution in [-0.4, -0.2) is 22.6 Å². The van der Waals surface area contributed by atoms with Crippen LogP contribution in [0.3, 0.4) is 0 Å². The Morgan fingerprint density at radius 2 is 1.61 bits per heavy atom. The molecule has 0 aliphatic rings. The zero-order valence-electron chi connectivity index (χ0n) is 17.2.